The zero-order valence-electron chi connectivity index (χ0n) is 14.2. The van der Waals surface area contributed by atoms with Crippen LogP contribution < -0.4 is 5.01 Å². The minimum Gasteiger partial charge on any atom is -0.371 e. The van der Waals surface area contributed by atoms with Gasteiger partial charge >= 0.3 is 12.4 Å². The normalized spacial score (nSPS) is 24.1. The minimum absolute atomic E-state index is 0.0967. The number of rotatable bonds is 5. The Morgan fingerprint density at radius 1 is 1.29 bits per heavy atom. The Bertz CT molecular complexity index is 775. The van der Waals surface area contributed by atoms with Crippen molar-refractivity contribution in [1.29, 1.82) is 5.26 Å². The molecule has 5 nitrogen and oxygen atoms in total. The van der Waals surface area contributed by atoms with Crippen LogP contribution >= 0.6 is 22.6 Å². The zero-order chi connectivity index (χ0) is 21.3. The molecule has 1 N–H and O–H groups in total. The number of nitriles is 1. The first-order chi connectivity index (χ1) is 12.9. The van der Waals surface area contributed by atoms with E-state index in [1.165, 1.54) is 24.3 Å². The van der Waals surface area contributed by atoms with Gasteiger partial charge in [-0.3, -0.25) is 0 Å². The number of nitrogens with zero attached hydrogens (tertiary/aromatic N) is 3. The molecule has 12 heteroatoms. The summed E-state index contributed by atoms with van der Waals surface area (Å²) in [5, 5.41) is 23.3. The summed E-state index contributed by atoms with van der Waals surface area (Å²) in [6, 6.07) is 6.69. The summed E-state index contributed by atoms with van der Waals surface area (Å²) in [5.74, 6) is 0. The zero-order valence-corrected chi connectivity index (χ0v) is 16.4. The summed E-state index contributed by atoms with van der Waals surface area (Å²) in [4.78, 5) is 0. The summed E-state index contributed by atoms with van der Waals surface area (Å²) in [7, 11) is 0.637. The molecule has 1 heterocycles. The Morgan fingerprint density at radius 3 is 2.25 bits per heavy atom. The van der Waals surface area contributed by atoms with E-state index in [0.29, 0.717) is 12.1 Å². The van der Waals surface area contributed by atoms with Crippen molar-refractivity contribution in [3.63, 3.8) is 0 Å². The van der Waals surface area contributed by atoms with Crippen molar-refractivity contribution >= 4 is 34.0 Å². The molecule has 3 unspecified atom stereocenters. The van der Waals surface area contributed by atoms with Crippen LogP contribution in [0.5, 0.6) is 0 Å². The van der Waals surface area contributed by atoms with Crippen LogP contribution in [0.25, 0.3) is 0 Å². The van der Waals surface area contributed by atoms with Crippen LogP contribution in [0.2, 0.25) is 0 Å². The van der Waals surface area contributed by atoms with Crippen LogP contribution in [0.1, 0.15) is 12.0 Å². The van der Waals surface area contributed by atoms with Crippen LogP contribution in [-0.2, 0) is 4.74 Å². The van der Waals surface area contributed by atoms with Crippen LogP contribution in [0.3, 0.4) is 0 Å². The van der Waals surface area contributed by atoms with E-state index in [1.54, 1.807) is 28.7 Å². The minimum atomic E-state index is -5.24. The molecule has 0 aromatic heterocycles. The Morgan fingerprint density at radius 2 is 1.86 bits per heavy atom. The molecule has 0 saturated carbocycles. The molecule has 1 aliphatic rings. The number of aliphatic hydroxyl groups is 1. The summed E-state index contributed by atoms with van der Waals surface area (Å²) in [6.45, 7) is 0. The Labute approximate surface area is 169 Å². The summed E-state index contributed by atoms with van der Waals surface area (Å²) in [5.41, 5.74) is -4.57. The van der Waals surface area contributed by atoms with Crippen molar-refractivity contribution in [3.8, 4) is 6.07 Å². The predicted octanol–water partition coefficient (Wildman–Crippen LogP) is 4.00. The highest BCUT2D eigenvalue weighted by atomic mass is 127. The molecule has 0 aliphatic carbocycles. The number of alkyl halides is 7. The fourth-order valence-electron chi connectivity index (χ4n) is 3.23. The first-order valence-corrected chi connectivity index (χ1v) is 9.25. The second-order valence-electron chi connectivity index (χ2n) is 5.96. The molecule has 2 rings (SSSR count). The number of halogens is 7. The molecule has 0 bridgehead atoms. The maximum absolute atomic E-state index is 13.7. The van der Waals surface area contributed by atoms with Crippen LogP contribution in [-0.4, -0.2) is 47.0 Å². The molecule has 1 aromatic carbocycles. The van der Waals surface area contributed by atoms with E-state index in [0.717, 1.165) is 0 Å². The summed E-state index contributed by atoms with van der Waals surface area (Å²) >= 11 is 1.63. The number of hydrazone groups is 1. The number of benzene rings is 1. The van der Waals surface area contributed by atoms with E-state index in [9.17, 15) is 31.4 Å². The van der Waals surface area contributed by atoms with Crippen molar-refractivity contribution in [1.82, 2.24) is 0 Å². The lowest BCUT2D eigenvalue weighted by molar-refractivity contribution is -0.250. The third-order valence-corrected chi connectivity index (χ3v) is 4.92. The van der Waals surface area contributed by atoms with Gasteiger partial charge in [-0.05, 0) is 30.7 Å². The molecule has 1 aliphatic heterocycles. The average Bonchev–Trinajstić information content (AvgIpc) is 2.88. The van der Waals surface area contributed by atoms with Gasteiger partial charge in [0, 0.05) is 11.5 Å². The first kappa shape index (κ1) is 22.7. The van der Waals surface area contributed by atoms with E-state index in [1.807, 2.05) is 0 Å². The van der Waals surface area contributed by atoms with E-state index in [4.69, 9.17) is 5.26 Å². The van der Waals surface area contributed by atoms with Gasteiger partial charge in [0.2, 0.25) is 0 Å². The van der Waals surface area contributed by atoms with Gasteiger partial charge in [0.15, 0.2) is 18.0 Å². The van der Waals surface area contributed by atoms with Crippen molar-refractivity contribution < 1.29 is 36.2 Å². The first-order valence-electron chi connectivity index (χ1n) is 7.72. The number of ether oxygens (including phenoxy) is 1. The maximum Gasteiger partial charge on any atom is 0.432 e. The Balaban J connectivity index is 2.69. The third-order valence-electron chi connectivity index (χ3n) is 4.38. The van der Waals surface area contributed by atoms with Crippen molar-refractivity contribution in [2.45, 2.75) is 31.1 Å². The molecule has 0 radical (unpaired) electrons. The molecule has 0 spiro atoms. The highest BCUT2D eigenvalue weighted by Crippen LogP contribution is 2.51. The summed E-state index contributed by atoms with van der Waals surface area (Å²) in [6.07, 6.45) is -16.3. The van der Waals surface area contributed by atoms with Crippen LogP contribution in [0.15, 0.2) is 29.4 Å². The van der Waals surface area contributed by atoms with Gasteiger partial charge in [-0.1, -0.05) is 22.6 Å². The quantitative estimate of drug-likeness (QED) is 0.362. The van der Waals surface area contributed by atoms with E-state index >= 15 is 0 Å². The molecule has 0 saturated heterocycles. The lowest BCUT2D eigenvalue weighted by Gasteiger charge is -2.41. The van der Waals surface area contributed by atoms with Crippen LogP contribution in [0, 0.1) is 16.7 Å². The standard InChI is InChI=1S/C16H14F6IN3O2/c1-28-12(16(20,21)22)14(6-7-23)11(15(17,18)19)25-26(13(14)27)10-4-2-9(8-24)3-5-10/h2-5,12-13,27H,6-7H2,1H3. The lowest BCUT2D eigenvalue weighted by atomic mass is 9.73. The largest absolute Gasteiger partial charge is 0.432 e. The van der Waals surface area contributed by atoms with Gasteiger partial charge < -0.3 is 9.84 Å². The smallest absolute Gasteiger partial charge is 0.371 e. The Hall–Kier alpha value is -1.59. The molecule has 1 aromatic rings. The van der Waals surface area contributed by atoms with Gasteiger partial charge in [-0.25, -0.2) is 5.01 Å². The lowest BCUT2D eigenvalue weighted by Crippen LogP contribution is -2.60. The highest BCUT2D eigenvalue weighted by Gasteiger charge is 2.69. The fraction of sp³-hybridized carbons (Fsp3) is 0.500. The highest BCUT2D eigenvalue weighted by molar-refractivity contribution is 14.1. The van der Waals surface area contributed by atoms with E-state index < -0.39 is 42.2 Å². The molecule has 0 amide bonds. The average molecular weight is 521 g/mol. The third kappa shape index (κ3) is 3.92. The number of hydrogen-bond acceptors (Lipinski definition) is 5. The SMILES string of the molecule is COC(C(F)(F)F)C1(CCI)C(C(F)(F)F)=NN(c2ccc(C#N)cc2)C1O. The molecule has 154 valence electrons. The Kier molecular flexibility index (Phi) is 6.51. The van der Waals surface area contributed by atoms with Gasteiger partial charge in [-0.2, -0.15) is 36.7 Å². The number of methoxy groups -OCH3 is 1. The van der Waals surface area contributed by atoms with Crippen LogP contribution in [0.4, 0.5) is 32.0 Å². The number of anilines is 1. The second-order valence-corrected chi connectivity index (χ2v) is 7.04. The summed E-state index contributed by atoms with van der Waals surface area (Å²) < 4.78 is 86.2. The molecular formula is C16H14F6IN3O2. The van der Waals surface area contributed by atoms with Crippen molar-refractivity contribution in [3.05, 3.63) is 29.8 Å². The number of hydrogen-bond donors (Lipinski definition) is 1. The predicted molar refractivity (Wildman–Crippen MR) is 95.9 cm³/mol. The van der Waals surface area contributed by atoms with E-state index in [2.05, 4.69) is 9.84 Å². The fourth-order valence-corrected chi connectivity index (χ4v) is 4.13. The van der Waals surface area contributed by atoms with Gasteiger partial charge in [0.1, 0.15) is 5.41 Å². The second kappa shape index (κ2) is 8.03. The molecule has 28 heavy (non-hydrogen) atoms. The van der Waals surface area contributed by atoms with Crippen molar-refractivity contribution in [2.24, 2.45) is 10.5 Å². The van der Waals surface area contributed by atoms with Gasteiger partial charge in [0.05, 0.1) is 17.3 Å². The molecular weight excluding hydrogens is 507 g/mol. The van der Waals surface area contributed by atoms with Crippen molar-refractivity contribution in [2.75, 3.05) is 16.5 Å². The topological polar surface area (TPSA) is 68.8 Å². The number of aliphatic hydroxyl groups excluding tert-OH is 1. The van der Waals surface area contributed by atoms with Gasteiger partial charge in [0.25, 0.3) is 0 Å². The molecule has 3 atom stereocenters. The maximum atomic E-state index is 13.7. The molecule has 0 fully saturated rings. The monoisotopic (exact) mass is 521 g/mol. The van der Waals surface area contributed by atoms with Gasteiger partial charge in [-0.15, -0.1) is 0 Å². The van der Waals surface area contributed by atoms with E-state index in [-0.39, 0.29) is 15.7 Å².